The molecule has 0 radical (unpaired) electrons. The molecule has 94 valence electrons. The van der Waals surface area contributed by atoms with Crippen LogP contribution in [0.5, 0.6) is 0 Å². The number of rotatable bonds is 4. The molecule has 0 amide bonds. The summed E-state index contributed by atoms with van der Waals surface area (Å²) in [5, 5.41) is 22.6. The summed E-state index contributed by atoms with van der Waals surface area (Å²) in [6.07, 6.45) is 0.520. The maximum absolute atomic E-state index is 9.70. The van der Waals surface area contributed by atoms with Crippen LogP contribution >= 0.6 is 0 Å². The van der Waals surface area contributed by atoms with Crippen LogP contribution in [0.4, 0.5) is 0 Å². The highest BCUT2D eigenvalue weighted by molar-refractivity contribution is 5.20. The summed E-state index contributed by atoms with van der Waals surface area (Å²) in [4.78, 5) is 0. The van der Waals surface area contributed by atoms with E-state index in [1.54, 1.807) is 0 Å². The minimum absolute atomic E-state index is 0.0482. The van der Waals surface area contributed by atoms with Gasteiger partial charge >= 0.3 is 0 Å². The largest absolute Gasteiger partial charge is 0.394 e. The Balaban J connectivity index is 2.02. The molecule has 1 aromatic rings. The van der Waals surface area contributed by atoms with Crippen LogP contribution in [0.25, 0.3) is 0 Å². The van der Waals surface area contributed by atoms with E-state index in [1.165, 1.54) is 0 Å². The van der Waals surface area contributed by atoms with Crippen molar-refractivity contribution >= 4 is 0 Å². The Labute approximate surface area is 102 Å². The first kappa shape index (κ1) is 12.6. The fraction of sp³-hybridized carbons (Fsp3) is 0.571. The van der Waals surface area contributed by atoms with Gasteiger partial charge in [0.05, 0.1) is 18.8 Å². The number of benzene rings is 1. The first-order chi connectivity index (χ1) is 8.05. The second-order valence-electron chi connectivity index (χ2n) is 5.44. The topological polar surface area (TPSA) is 52.5 Å². The average Bonchev–Trinajstić information content (AvgIpc) is 2.35. The second-order valence-corrected chi connectivity index (χ2v) is 5.44. The van der Waals surface area contributed by atoms with E-state index in [1.807, 2.05) is 30.3 Å². The van der Waals surface area contributed by atoms with Crippen molar-refractivity contribution in [3.8, 4) is 0 Å². The van der Waals surface area contributed by atoms with Gasteiger partial charge in [-0.05, 0) is 12.0 Å². The first-order valence-corrected chi connectivity index (χ1v) is 6.15. The van der Waals surface area contributed by atoms with Crippen molar-refractivity contribution in [1.29, 1.82) is 0 Å². The molecule has 1 fully saturated rings. The molecule has 1 aromatic carbocycles. The van der Waals surface area contributed by atoms with E-state index in [2.05, 4.69) is 19.2 Å². The zero-order chi connectivity index (χ0) is 12.5. The van der Waals surface area contributed by atoms with Gasteiger partial charge in [0.25, 0.3) is 0 Å². The van der Waals surface area contributed by atoms with Gasteiger partial charge < -0.3 is 15.5 Å². The highest BCUT2D eigenvalue weighted by atomic mass is 16.3. The van der Waals surface area contributed by atoms with Crippen LogP contribution in [0.2, 0.25) is 0 Å². The summed E-state index contributed by atoms with van der Waals surface area (Å²) < 4.78 is 0. The van der Waals surface area contributed by atoms with Gasteiger partial charge in [0.2, 0.25) is 0 Å². The molecule has 0 bridgehead atoms. The number of hydrogen-bond donors (Lipinski definition) is 3. The van der Waals surface area contributed by atoms with E-state index in [4.69, 9.17) is 0 Å². The number of hydrogen-bond acceptors (Lipinski definition) is 3. The zero-order valence-corrected chi connectivity index (χ0v) is 10.4. The third-order valence-electron chi connectivity index (χ3n) is 4.00. The van der Waals surface area contributed by atoms with Crippen LogP contribution < -0.4 is 5.32 Å². The first-order valence-electron chi connectivity index (χ1n) is 6.15. The summed E-state index contributed by atoms with van der Waals surface area (Å²) in [7, 11) is 0. The van der Waals surface area contributed by atoms with Gasteiger partial charge in [-0.1, -0.05) is 44.2 Å². The Hall–Kier alpha value is -0.900. The van der Waals surface area contributed by atoms with Crippen LogP contribution in [0, 0.1) is 5.41 Å². The van der Waals surface area contributed by atoms with Crippen LogP contribution in [0.1, 0.15) is 31.9 Å². The normalized spacial score (nSPS) is 28.5. The van der Waals surface area contributed by atoms with E-state index >= 15 is 0 Å². The summed E-state index contributed by atoms with van der Waals surface area (Å²) >= 11 is 0. The summed E-state index contributed by atoms with van der Waals surface area (Å²) in [6.45, 7) is 4.18. The summed E-state index contributed by atoms with van der Waals surface area (Å²) in [6, 6.07) is 10.1. The summed E-state index contributed by atoms with van der Waals surface area (Å²) in [5.74, 6) is 0. The van der Waals surface area contributed by atoms with Crippen molar-refractivity contribution in [2.24, 2.45) is 5.41 Å². The molecule has 3 heteroatoms. The molecule has 3 nitrogen and oxygen atoms in total. The van der Waals surface area contributed by atoms with Crippen LogP contribution in [0.3, 0.4) is 0 Å². The molecule has 2 rings (SSSR count). The lowest BCUT2D eigenvalue weighted by atomic mass is 9.64. The van der Waals surface area contributed by atoms with Crippen LogP contribution in [-0.2, 0) is 0 Å². The molecule has 1 aliphatic rings. The monoisotopic (exact) mass is 235 g/mol. The molecular formula is C14H21NO2. The predicted octanol–water partition coefficient (Wildman–Crippen LogP) is 1.47. The van der Waals surface area contributed by atoms with Crippen molar-refractivity contribution in [1.82, 2.24) is 5.32 Å². The van der Waals surface area contributed by atoms with Crippen molar-refractivity contribution in [2.75, 3.05) is 6.61 Å². The molecule has 17 heavy (non-hydrogen) atoms. The van der Waals surface area contributed by atoms with Crippen molar-refractivity contribution in [3.05, 3.63) is 35.9 Å². The minimum atomic E-state index is -0.241. The van der Waals surface area contributed by atoms with E-state index in [9.17, 15) is 10.2 Å². The fourth-order valence-electron chi connectivity index (χ4n) is 2.37. The molecule has 1 saturated carbocycles. The molecular weight excluding hydrogens is 214 g/mol. The molecule has 2 unspecified atom stereocenters. The van der Waals surface area contributed by atoms with Gasteiger partial charge in [-0.3, -0.25) is 0 Å². The van der Waals surface area contributed by atoms with Crippen molar-refractivity contribution < 1.29 is 10.2 Å². The number of aliphatic hydroxyl groups excluding tert-OH is 2. The molecule has 1 aliphatic carbocycles. The van der Waals surface area contributed by atoms with E-state index in [0.717, 1.165) is 12.0 Å². The van der Waals surface area contributed by atoms with Gasteiger partial charge in [-0.15, -0.1) is 0 Å². The Morgan fingerprint density at radius 1 is 1.35 bits per heavy atom. The predicted molar refractivity (Wildman–Crippen MR) is 67.6 cm³/mol. The lowest BCUT2D eigenvalue weighted by Gasteiger charge is -2.50. The van der Waals surface area contributed by atoms with Crippen LogP contribution in [0.15, 0.2) is 30.3 Å². The van der Waals surface area contributed by atoms with E-state index in [0.29, 0.717) is 0 Å². The zero-order valence-electron chi connectivity index (χ0n) is 10.4. The smallest absolute Gasteiger partial charge is 0.0626 e. The standard InChI is InChI=1S/C14H21NO2/c1-14(2)12(8-13(14)17)15-11(9-16)10-6-4-3-5-7-10/h3-7,11-13,15-17H,8-9H2,1-2H3/t11-,12?,13?/m0/s1. The SMILES string of the molecule is CC1(C)C(O)CC1N[C@@H](CO)c1ccccc1. The Kier molecular flexibility index (Phi) is 3.52. The molecule has 0 aromatic heterocycles. The fourth-order valence-corrected chi connectivity index (χ4v) is 2.37. The van der Waals surface area contributed by atoms with Crippen molar-refractivity contribution in [2.45, 2.75) is 38.5 Å². The number of nitrogens with one attached hydrogen (secondary N) is 1. The highest BCUT2D eigenvalue weighted by Gasteiger charge is 2.47. The van der Waals surface area contributed by atoms with Gasteiger partial charge in [-0.25, -0.2) is 0 Å². The third kappa shape index (κ3) is 2.37. The van der Waals surface area contributed by atoms with Gasteiger partial charge in [0.15, 0.2) is 0 Å². The quantitative estimate of drug-likeness (QED) is 0.740. The lowest BCUT2D eigenvalue weighted by Crippen LogP contribution is -2.60. The van der Waals surface area contributed by atoms with Crippen molar-refractivity contribution in [3.63, 3.8) is 0 Å². The Morgan fingerprint density at radius 3 is 2.47 bits per heavy atom. The van der Waals surface area contributed by atoms with Gasteiger partial charge in [-0.2, -0.15) is 0 Å². The molecule has 3 N–H and O–H groups in total. The average molecular weight is 235 g/mol. The van der Waals surface area contributed by atoms with Crippen LogP contribution in [-0.4, -0.2) is 29.0 Å². The van der Waals surface area contributed by atoms with E-state index < -0.39 is 0 Å². The highest BCUT2D eigenvalue weighted by Crippen LogP contribution is 2.41. The molecule has 0 aliphatic heterocycles. The summed E-state index contributed by atoms with van der Waals surface area (Å²) in [5.41, 5.74) is 0.981. The molecule has 3 atom stereocenters. The van der Waals surface area contributed by atoms with Gasteiger partial charge in [0, 0.05) is 11.5 Å². The minimum Gasteiger partial charge on any atom is -0.394 e. The number of aliphatic hydroxyl groups is 2. The molecule has 0 spiro atoms. The maximum Gasteiger partial charge on any atom is 0.0626 e. The Bertz CT molecular complexity index is 364. The third-order valence-corrected chi connectivity index (χ3v) is 4.00. The molecule has 0 saturated heterocycles. The Morgan fingerprint density at radius 2 is 2.00 bits per heavy atom. The van der Waals surface area contributed by atoms with E-state index in [-0.39, 0.29) is 30.2 Å². The second kappa shape index (κ2) is 4.77. The molecule has 0 heterocycles. The van der Waals surface area contributed by atoms with Gasteiger partial charge in [0.1, 0.15) is 0 Å². The lowest BCUT2D eigenvalue weighted by molar-refractivity contribution is -0.0777. The maximum atomic E-state index is 9.70.